The summed E-state index contributed by atoms with van der Waals surface area (Å²) in [7, 11) is 0. The molecule has 3 aromatic heterocycles. The topological polar surface area (TPSA) is 68.5 Å². The molecule has 0 aliphatic heterocycles. The molecule has 30 heavy (non-hydrogen) atoms. The van der Waals surface area contributed by atoms with Crippen LogP contribution in [0.4, 0.5) is 10.1 Å². The summed E-state index contributed by atoms with van der Waals surface area (Å²) in [5.74, 6) is -0.195. The lowest BCUT2D eigenvalue weighted by Gasteiger charge is -2.09. The number of carbonyl (C=O) groups excluding carboxylic acids is 1. The zero-order valence-electron chi connectivity index (χ0n) is 16.7. The van der Waals surface area contributed by atoms with Crippen molar-refractivity contribution in [2.45, 2.75) is 26.9 Å². The van der Waals surface area contributed by atoms with E-state index in [0.717, 1.165) is 23.5 Å². The summed E-state index contributed by atoms with van der Waals surface area (Å²) in [5, 5.41) is 2.91. The van der Waals surface area contributed by atoms with Crippen molar-refractivity contribution in [3.63, 3.8) is 0 Å². The van der Waals surface area contributed by atoms with E-state index in [9.17, 15) is 9.18 Å². The molecule has 152 valence electrons. The Morgan fingerprint density at radius 1 is 1.10 bits per heavy atom. The SMILES string of the molecule is CCc1nc2ccc(NC(=O)c3ccc(OCc4cccc(F)n4)cc3)cn2c1C. The second-order valence-electron chi connectivity index (χ2n) is 6.86. The Labute approximate surface area is 173 Å². The molecule has 1 N–H and O–H groups in total. The van der Waals surface area contributed by atoms with Gasteiger partial charge in [0.15, 0.2) is 0 Å². The Morgan fingerprint density at radius 3 is 2.63 bits per heavy atom. The molecule has 0 radical (unpaired) electrons. The van der Waals surface area contributed by atoms with Gasteiger partial charge in [0.05, 0.1) is 17.1 Å². The van der Waals surface area contributed by atoms with Gasteiger partial charge in [0.2, 0.25) is 5.95 Å². The third-order valence-corrected chi connectivity index (χ3v) is 4.82. The van der Waals surface area contributed by atoms with E-state index in [1.807, 2.05) is 29.7 Å². The molecule has 6 nitrogen and oxygen atoms in total. The van der Waals surface area contributed by atoms with Crippen molar-refractivity contribution in [3.05, 3.63) is 89.4 Å². The van der Waals surface area contributed by atoms with Crippen LogP contribution < -0.4 is 10.1 Å². The van der Waals surface area contributed by atoms with Crippen LogP contribution in [0.3, 0.4) is 0 Å². The van der Waals surface area contributed by atoms with E-state index in [1.165, 1.54) is 6.07 Å². The molecule has 4 aromatic rings. The average Bonchev–Trinajstić information content (AvgIpc) is 3.08. The Bertz CT molecular complexity index is 1200. The van der Waals surface area contributed by atoms with Crippen molar-refractivity contribution < 1.29 is 13.9 Å². The Kier molecular flexibility index (Phi) is 5.43. The van der Waals surface area contributed by atoms with Crippen molar-refractivity contribution >= 4 is 17.2 Å². The average molecular weight is 404 g/mol. The lowest BCUT2D eigenvalue weighted by molar-refractivity contribution is 0.102. The summed E-state index contributed by atoms with van der Waals surface area (Å²) >= 11 is 0. The number of imidazole rings is 1. The number of rotatable bonds is 6. The summed E-state index contributed by atoms with van der Waals surface area (Å²) < 4.78 is 20.7. The standard InChI is InChI=1S/C23H21FN4O2/c1-3-20-15(2)28-13-17(9-12-22(28)27-20)26-23(29)16-7-10-19(11-8-16)30-14-18-5-4-6-21(24)25-18/h4-13H,3,14H2,1-2H3,(H,26,29). The molecule has 0 saturated heterocycles. The van der Waals surface area contributed by atoms with Crippen LogP contribution in [0.1, 0.15) is 34.4 Å². The van der Waals surface area contributed by atoms with E-state index in [2.05, 4.69) is 22.2 Å². The van der Waals surface area contributed by atoms with Gasteiger partial charge in [-0.2, -0.15) is 4.39 Å². The first-order valence-corrected chi connectivity index (χ1v) is 9.66. The number of ether oxygens (including phenoxy) is 1. The van der Waals surface area contributed by atoms with Crippen LogP contribution in [0.25, 0.3) is 5.65 Å². The number of anilines is 1. The number of hydrogen-bond donors (Lipinski definition) is 1. The smallest absolute Gasteiger partial charge is 0.255 e. The molecule has 0 atom stereocenters. The minimum atomic E-state index is -0.543. The molecule has 0 aliphatic carbocycles. The fourth-order valence-electron chi connectivity index (χ4n) is 3.21. The third kappa shape index (κ3) is 4.15. The van der Waals surface area contributed by atoms with Crippen LogP contribution in [-0.2, 0) is 13.0 Å². The number of nitrogens with zero attached hydrogens (tertiary/aromatic N) is 3. The lowest BCUT2D eigenvalue weighted by Crippen LogP contribution is -2.12. The highest BCUT2D eigenvalue weighted by atomic mass is 19.1. The van der Waals surface area contributed by atoms with E-state index < -0.39 is 5.95 Å². The predicted molar refractivity (Wildman–Crippen MR) is 112 cm³/mol. The largest absolute Gasteiger partial charge is 0.487 e. The Balaban J connectivity index is 1.42. The van der Waals surface area contributed by atoms with Gasteiger partial charge in [0.25, 0.3) is 5.91 Å². The zero-order chi connectivity index (χ0) is 21.1. The molecule has 7 heteroatoms. The Hall–Kier alpha value is -3.74. The first-order chi connectivity index (χ1) is 14.5. The van der Waals surface area contributed by atoms with Crippen LogP contribution in [0.5, 0.6) is 5.75 Å². The molecule has 0 aliphatic rings. The van der Waals surface area contributed by atoms with Gasteiger partial charge in [-0.15, -0.1) is 0 Å². The molecule has 1 aromatic carbocycles. The normalized spacial score (nSPS) is 10.9. The van der Waals surface area contributed by atoms with Crippen molar-refractivity contribution in [1.29, 1.82) is 0 Å². The summed E-state index contributed by atoms with van der Waals surface area (Å²) in [6.45, 7) is 4.23. The minimum Gasteiger partial charge on any atom is -0.487 e. The van der Waals surface area contributed by atoms with E-state index in [0.29, 0.717) is 22.7 Å². The zero-order valence-corrected chi connectivity index (χ0v) is 16.7. The molecular formula is C23H21FN4O2. The fourth-order valence-corrected chi connectivity index (χ4v) is 3.21. The fraction of sp³-hybridized carbons (Fsp3) is 0.174. The van der Waals surface area contributed by atoms with Crippen LogP contribution in [0.15, 0.2) is 60.8 Å². The molecular weight excluding hydrogens is 383 g/mol. The highest BCUT2D eigenvalue weighted by Crippen LogP contribution is 2.18. The van der Waals surface area contributed by atoms with E-state index in [-0.39, 0.29) is 12.5 Å². The van der Waals surface area contributed by atoms with Gasteiger partial charge in [-0.3, -0.25) is 4.79 Å². The Morgan fingerprint density at radius 2 is 1.90 bits per heavy atom. The molecule has 1 amide bonds. The lowest BCUT2D eigenvalue weighted by atomic mass is 10.2. The summed E-state index contributed by atoms with van der Waals surface area (Å²) in [6.07, 6.45) is 2.73. The second kappa shape index (κ2) is 8.32. The van der Waals surface area contributed by atoms with Gasteiger partial charge in [-0.05, 0) is 61.9 Å². The van der Waals surface area contributed by atoms with E-state index >= 15 is 0 Å². The van der Waals surface area contributed by atoms with Crippen LogP contribution in [0, 0.1) is 12.9 Å². The molecule has 4 rings (SSSR count). The number of amides is 1. The quantitative estimate of drug-likeness (QED) is 0.478. The molecule has 0 unspecified atom stereocenters. The number of aromatic nitrogens is 3. The van der Waals surface area contributed by atoms with Crippen molar-refractivity contribution in [2.24, 2.45) is 0 Å². The highest BCUT2D eigenvalue weighted by molar-refractivity contribution is 6.04. The number of fused-ring (bicyclic) bond motifs is 1. The number of hydrogen-bond acceptors (Lipinski definition) is 4. The van der Waals surface area contributed by atoms with Crippen molar-refractivity contribution in [2.75, 3.05) is 5.32 Å². The van der Waals surface area contributed by atoms with Crippen LogP contribution in [-0.4, -0.2) is 20.3 Å². The number of nitrogens with one attached hydrogen (secondary N) is 1. The minimum absolute atomic E-state index is 0.146. The van der Waals surface area contributed by atoms with Crippen molar-refractivity contribution in [1.82, 2.24) is 14.4 Å². The maximum absolute atomic E-state index is 13.1. The van der Waals surface area contributed by atoms with Crippen LogP contribution in [0.2, 0.25) is 0 Å². The summed E-state index contributed by atoms with van der Waals surface area (Å²) in [5.41, 5.74) is 4.65. The van der Waals surface area contributed by atoms with E-state index in [1.54, 1.807) is 36.4 Å². The van der Waals surface area contributed by atoms with Crippen molar-refractivity contribution in [3.8, 4) is 5.75 Å². The monoisotopic (exact) mass is 404 g/mol. The van der Waals surface area contributed by atoms with Gasteiger partial charge in [-0.25, -0.2) is 9.97 Å². The first kappa shape index (κ1) is 19.6. The number of carbonyl (C=O) groups is 1. The highest BCUT2D eigenvalue weighted by Gasteiger charge is 2.10. The maximum Gasteiger partial charge on any atom is 0.255 e. The molecule has 3 heterocycles. The van der Waals surface area contributed by atoms with Crippen LogP contribution >= 0.6 is 0 Å². The summed E-state index contributed by atoms with van der Waals surface area (Å²) in [6, 6.07) is 15.0. The maximum atomic E-state index is 13.1. The molecule has 0 bridgehead atoms. The number of pyridine rings is 2. The third-order valence-electron chi connectivity index (χ3n) is 4.82. The van der Waals surface area contributed by atoms with Gasteiger partial charge in [-0.1, -0.05) is 13.0 Å². The molecule has 0 fully saturated rings. The number of halogens is 1. The number of aryl methyl sites for hydroxylation is 2. The summed E-state index contributed by atoms with van der Waals surface area (Å²) in [4.78, 5) is 20.9. The van der Waals surface area contributed by atoms with Gasteiger partial charge in [0, 0.05) is 17.5 Å². The predicted octanol–water partition coefficient (Wildman–Crippen LogP) is 4.57. The molecule has 0 spiro atoms. The number of benzene rings is 1. The van der Waals surface area contributed by atoms with E-state index in [4.69, 9.17) is 4.74 Å². The van der Waals surface area contributed by atoms with Gasteiger partial charge >= 0.3 is 0 Å². The second-order valence-corrected chi connectivity index (χ2v) is 6.86. The van der Waals surface area contributed by atoms with Gasteiger partial charge < -0.3 is 14.5 Å². The van der Waals surface area contributed by atoms with Gasteiger partial charge in [0.1, 0.15) is 18.0 Å². The molecule has 0 saturated carbocycles. The first-order valence-electron chi connectivity index (χ1n) is 9.66.